The number of anilines is 1. The number of carbonyl (C=O) groups excluding carboxylic acids is 1. The molecule has 5 rings (SSSR count). The zero-order valence-corrected chi connectivity index (χ0v) is 22.4. The molecular formula is C28H30N4O3S2. The lowest BCUT2D eigenvalue weighted by atomic mass is 10.0. The van der Waals surface area contributed by atoms with E-state index in [1.54, 1.807) is 4.31 Å². The van der Waals surface area contributed by atoms with Crippen molar-refractivity contribution < 1.29 is 13.2 Å². The van der Waals surface area contributed by atoms with Gasteiger partial charge in [0.15, 0.2) is 0 Å². The first-order valence-electron chi connectivity index (χ1n) is 12.6. The third-order valence-electron chi connectivity index (χ3n) is 7.19. The monoisotopic (exact) mass is 534 g/mol. The van der Waals surface area contributed by atoms with Crippen LogP contribution >= 0.6 is 11.3 Å². The van der Waals surface area contributed by atoms with Gasteiger partial charge >= 0.3 is 0 Å². The highest BCUT2D eigenvalue weighted by atomic mass is 32.2. The van der Waals surface area contributed by atoms with E-state index in [1.807, 2.05) is 25.1 Å². The number of rotatable bonds is 6. The van der Waals surface area contributed by atoms with Gasteiger partial charge in [0.1, 0.15) is 11.1 Å². The zero-order chi connectivity index (χ0) is 26.0. The van der Waals surface area contributed by atoms with E-state index in [-0.39, 0.29) is 16.8 Å². The predicted octanol–water partition coefficient (Wildman–Crippen LogP) is 4.99. The Hall–Kier alpha value is -3.03. The molecule has 1 aromatic heterocycles. The molecule has 2 aliphatic rings. The second-order valence-electron chi connectivity index (χ2n) is 9.71. The van der Waals surface area contributed by atoms with Gasteiger partial charge in [-0.1, -0.05) is 36.8 Å². The summed E-state index contributed by atoms with van der Waals surface area (Å²) >= 11 is 1.45. The van der Waals surface area contributed by atoms with Crippen LogP contribution in [0.2, 0.25) is 0 Å². The molecule has 0 radical (unpaired) electrons. The van der Waals surface area contributed by atoms with Gasteiger partial charge in [-0.25, -0.2) is 8.42 Å². The predicted molar refractivity (Wildman–Crippen MR) is 145 cm³/mol. The lowest BCUT2D eigenvalue weighted by molar-refractivity contribution is 0.102. The number of nitriles is 1. The van der Waals surface area contributed by atoms with Crippen LogP contribution in [0, 0.1) is 11.3 Å². The van der Waals surface area contributed by atoms with Crippen LogP contribution in [-0.2, 0) is 29.5 Å². The maximum Gasteiger partial charge on any atom is 0.256 e. The zero-order valence-electron chi connectivity index (χ0n) is 20.8. The van der Waals surface area contributed by atoms with Crippen molar-refractivity contribution in [3.8, 4) is 6.07 Å². The highest BCUT2D eigenvalue weighted by molar-refractivity contribution is 7.89. The molecule has 37 heavy (non-hydrogen) atoms. The fraction of sp³-hybridized carbons (Fsp3) is 0.357. The molecule has 1 saturated heterocycles. The molecule has 1 unspecified atom stereocenters. The number of hydrogen-bond donors (Lipinski definition) is 1. The van der Waals surface area contributed by atoms with Crippen LogP contribution in [0.15, 0.2) is 59.5 Å². The number of nitrogens with zero attached hydrogens (tertiary/aromatic N) is 3. The van der Waals surface area contributed by atoms with Crippen molar-refractivity contribution in [3.63, 3.8) is 0 Å². The molecule has 0 saturated carbocycles. The second-order valence-corrected chi connectivity index (χ2v) is 12.7. The first-order valence-corrected chi connectivity index (χ1v) is 14.9. The fourth-order valence-corrected chi connectivity index (χ4v) is 8.09. The average Bonchev–Trinajstić information content (AvgIpc) is 3.25. The summed E-state index contributed by atoms with van der Waals surface area (Å²) in [7, 11) is -3.60. The minimum Gasteiger partial charge on any atom is -0.312 e. The second kappa shape index (κ2) is 10.8. The van der Waals surface area contributed by atoms with Gasteiger partial charge in [-0.05, 0) is 61.6 Å². The third kappa shape index (κ3) is 5.34. The molecule has 9 heteroatoms. The number of hydrogen-bond acceptors (Lipinski definition) is 6. The van der Waals surface area contributed by atoms with Crippen LogP contribution in [0.1, 0.15) is 58.1 Å². The van der Waals surface area contributed by atoms with Gasteiger partial charge in [0, 0.05) is 42.7 Å². The smallest absolute Gasteiger partial charge is 0.256 e. The number of piperidine rings is 1. The summed E-state index contributed by atoms with van der Waals surface area (Å²) in [6.45, 7) is 4.89. The largest absolute Gasteiger partial charge is 0.312 e. The minimum absolute atomic E-state index is 0.0281. The number of carbonyl (C=O) groups is 1. The van der Waals surface area contributed by atoms with Crippen LogP contribution in [0.3, 0.4) is 0 Å². The number of benzene rings is 2. The average molecular weight is 535 g/mol. The molecule has 3 heterocycles. The van der Waals surface area contributed by atoms with Crippen LogP contribution in [0.25, 0.3) is 0 Å². The number of sulfonamides is 1. The van der Waals surface area contributed by atoms with E-state index in [9.17, 15) is 18.5 Å². The Balaban J connectivity index is 1.29. The summed E-state index contributed by atoms with van der Waals surface area (Å²) in [6.07, 6.45) is 3.52. The summed E-state index contributed by atoms with van der Waals surface area (Å²) in [4.78, 5) is 16.7. The molecule has 0 aliphatic carbocycles. The van der Waals surface area contributed by atoms with Crippen LogP contribution < -0.4 is 5.32 Å². The normalized spacial score (nSPS) is 18.6. The molecule has 0 spiro atoms. The molecule has 192 valence electrons. The van der Waals surface area contributed by atoms with Crippen molar-refractivity contribution in [2.24, 2.45) is 0 Å². The molecule has 3 aromatic rings. The van der Waals surface area contributed by atoms with Crippen LogP contribution in [-0.4, -0.2) is 42.7 Å². The van der Waals surface area contributed by atoms with E-state index in [1.165, 1.54) is 41.2 Å². The van der Waals surface area contributed by atoms with Gasteiger partial charge in [0.05, 0.1) is 10.5 Å². The molecule has 2 aromatic carbocycles. The first-order chi connectivity index (χ1) is 17.9. The molecule has 1 amide bonds. The van der Waals surface area contributed by atoms with E-state index in [4.69, 9.17) is 0 Å². The van der Waals surface area contributed by atoms with Crippen molar-refractivity contribution in [2.45, 2.75) is 56.6 Å². The Morgan fingerprint density at radius 2 is 1.86 bits per heavy atom. The standard InChI is InChI=1S/C28H30N4O3S2/c1-20-7-5-6-15-32(20)37(34,35)23-12-10-22(11-13-23)27(33)30-28-25(17-29)24-14-16-31(19-26(24)36-28)18-21-8-3-2-4-9-21/h2-4,8-13,20H,5-7,14-16,18-19H2,1H3,(H,30,33). The molecule has 0 bridgehead atoms. The first kappa shape index (κ1) is 25.6. The number of thiophene rings is 1. The van der Waals surface area contributed by atoms with Gasteiger partial charge in [0.25, 0.3) is 5.91 Å². The van der Waals surface area contributed by atoms with Crippen molar-refractivity contribution in [2.75, 3.05) is 18.4 Å². The van der Waals surface area contributed by atoms with Crippen LogP contribution in [0.5, 0.6) is 0 Å². The SMILES string of the molecule is CC1CCCCN1S(=O)(=O)c1ccc(C(=O)Nc2sc3c(c2C#N)CCN(Cc2ccccc2)C3)cc1. The maximum absolute atomic E-state index is 13.1. The van der Waals surface area contributed by atoms with Crippen LogP contribution in [0.4, 0.5) is 5.00 Å². The quantitative estimate of drug-likeness (QED) is 0.481. The minimum atomic E-state index is -3.60. The Morgan fingerprint density at radius 1 is 1.11 bits per heavy atom. The fourth-order valence-electron chi connectivity index (χ4n) is 5.16. The summed E-state index contributed by atoms with van der Waals surface area (Å²) in [5.74, 6) is -0.355. The molecule has 1 atom stereocenters. The van der Waals surface area contributed by atoms with Crippen molar-refractivity contribution in [1.29, 1.82) is 5.26 Å². The number of fused-ring (bicyclic) bond motifs is 1. The van der Waals surface area contributed by atoms with E-state index < -0.39 is 10.0 Å². The molecule has 2 aliphatic heterocycles. The van der Waals surface area contributed by atoms with Crippen molar-refractivity contribution >= 4 is 32.3 Å². The van der Waals surface area contributed by atoms with E-state index >= 15 is 0 Å². The molecule has 7 nitrogen and oxygen atoms in total. The van der Waals surface area contributed by atoms with E-state index in [0.29, 0.717) is 22.7 Å². The molecular weight excluding hydrogens is 504 g/mol. The summed E-state index contributed by atoms with van der Waals surface area (Å²) < 4.78 is 27.7. The lowest BCUT2D eigenvalue weighted by Crippen LogP contribution is -2.41. The van der Waals surface area contributed by atoms with Crippen molar-refractivity contribution in [1.82, 2.24) is 9.21 Å². The highest BCUT2D eigenvalue weighted by Crippen LogP contribution is 2.37. The summed E-state index contributed by atoms with van der Waals surface area (Å²) in [5.41, 5.74) is 3.15. The number of amides is 1. The van der Waals surface area contributed by atoms with Gasteiger partial charge in [-0.3, -0.25) is 9.69 Å². The third-order valence-corrected chi connectivity index (χ3v) is 10.3. The Bertz CT molecular complexity index is 1430. The number of nitrogens with one attached hydrogen (secondary N) is 1. The topological polar surface area (TPSA) is 93.5 Å². The lowest BCUT2D eigenvalue weighted by Gasteiger charge is -2.32. The maximum atomic E-state index is 13.1. The summed E-state index contributed by atoms with van der Waals surface area (Å²) in [5, 5.41) is 13.3. The molecule has 1 fully saturated rings. The van der Waals surface area contributed by atoms with E-state index in [2.05, 4.69) is 28.4 Å². The van der Waals surface area contributed by atoms with Gasteiger partial charge in [-0.2, -0.15) is 9.57 Å². The van der Waals surface area contributed by atoms with Gasteiger partial charge in [0.2, 0.25) is 10.0 Å². The van der Waals surface area contributed by atoms with E-state index in [0.717, 1.165) is 55.8 Å². The Morgan fingerprint density at radius 3 is 2.57 bits per heavy atom. The molecule has 1 N–H and O–H groups in total. The van der Waals surface area contributed by atoms with Crippen molar-refractivity contribution in [3.05, 3.63) is 81.7 Å². The van der Waals surface area contributed by atoms with Gasteiger partial charge in [-0.15, -0.1) is 11.3 Å². The summed E-state index contributed by atoms with van der Waals surface area (Å²) in [6, 6.07) is 18.6. The highest BCUT2D eigenvalue weighted by Gasteiger charge is 2.31. The Labute approximate surface area is 222 Å². The van der Waals surface area contributed by atoms with Gasteiger partial charge < -0.3 is 5.32 Å². The Kier molecular flexibility index (Phi) is 7.45.